The smallest absolute Gasteiger partial charge is 0.0549 e. The van der Waals surface area contributed by atoms with Crippen LogP contribution in [0.1, 0.15) is 33.1 Å². The van der Waals surface area contributed by atoms with Gasteiger partial charge in [0.25, 0.3) is 0 Å². The monoisotopic (exact) mass is 207 g/mol. The van der Waals surface area contributed by atoms with E-state index in [1.165, 1.54) is 19.3 Å². The summed E-state index contributed by atoms with van der Waals surface area (Å²) in [6, 6.07) is 2.59. The van der Waals surface area contributed by atoms with Crippen LogP contribution < -0.4 is 10.6 Å². The van der Waals surface area contributed by atoms with Crippen molar-refractivity contribution in [2.24, 2.45) is 0 Å². The third-order valence-electron chi connectivity index (χ3n) is 2.43. The van der Waals surface area contributed by atoms with Crippen LogP contribution in [0.25, 0.3) is 0 Å². The molecule has 1 aromatic rings. The second-order valence-electron chi connectivity index (χ2n) is 3.90. The summed E-state index contributed by atoms with van der Waals surface area (Å²) >= 11 is 0. The summed E-state index contributed by atoms with van der Waals surface area (Å²) in [7, 11) is 1.90. The number of aromatic nitrogens is 1. The van der Waals surface area contributed by atoms with Crippen LogP contribution in [-0.2, 0) is 0 Å². The van der Waals surface area contributed by atoms with E-state index in [-0.39, 0.29) is 0 Å². The van der Waals surface area contributed by atoms with Gasteiger partial charge < -0.3 is 10.6 Å². The standard InChI is InChI=1S/C12H21N3/c1-4-5-6-10(2)15-12-7-11(13-3)8-14-9-12/h7-10,13,15H,4-6H2,1-3H3. The van der Waals surface area contributed by atoms with Gasteiger partial charge in [0.2, 0.25) is 0 Å². The van der Waals surface area contributed by atoms with Crippen LogP contribution in [0.2, 0.25) is 0 Å². The molecule has 0 bridgehead atoms. The number of nitrogens with one attached hydrogen (secondary N) is 2. The van der Waals surface area contributed by atoms with Crippen molar-refractivity contribution in [1.82, 2.24) is 4.98 Å². The van der Waals surface area contributed by atoms with Crippen molar-refractivity contribution in [3.8, 4) is 0 Å². The Hall–Kier alpha value is -1.25. The molecule has 0 radical (unpaired) electrons. The number of anilines is 2. The topological polar surface area (TPSA) is 37.0 Å². The molecule has 0 aromatic carbocycles. The molecule has 0 spiro atoms. The van der Waals surface area contributed by atoms with Gasteiger partial charge in [0, 0.05) is 13.1 Å². The van der Waals surface area contributed by atoms with Crippen LogP contribution in [0.5, 0.6) is 0 Å². The van der Waals surface area contributed by atoms with Gasteiger partial charge in [0.05, 0.1) is 23.8 Å². The molecule has 0 aliphatic rings. The summed E-state index contributed by atoms with van der Waals surface area (Å²) < 4.78 is 0. The van der Waals surface area contributed by atoms with Crippen LogP contribution in [0, 0.1) is 0 Å². The molecule has 3 heteroatoms. The predicted octanol–water partition coefficient (Wildman–Crippen LogP) is 3.11. The summed E-state index contributed by atoms with van der Waals surface area (Å²) in [6.45, 7) is 4.43. The second-order valence-corrected chi connectivity index (χ2v) is 3.90. The van der Waals surface area contributed by atoms with Crippen molar-refractivity contribution in [3.05, 3.63) is 18.5 Å². The first kappa shape index (κ1) is 11.8. The van der Waals surface area contributed by atoms with Crippen LogP contribution in [0.3, 0.4) is 0 Å². The zero-order valence-corrected chi connectivity index (χ0v) is 9.88. The molecule has 2 N–H and O–H groups in total. The Morgan fingerprint density at radius 3 is 2.73 bits per heavy atom. The normalized spacial score (nSPS) is 12.2. The first-order valence-corrected chi connectivity index (χ1v) is 5.65. The first-order valence-electron chi connectivity index (χ1n) is 5.65. The first-order chi connectivity index (χ1) is 7.26. The summed E-state index contributed by atoms with van der Waals surface area (Å²) in [6.07, 6.45) is 7.42. The fourth-order valence-corrected chi connectivity index (χ4v) is 1.52. The van der Waals surface area contributed by atoms with Crippen molar-refractivity contribution in [1.29, 1.82) is 0 Å². The summed E-state index contributed by atoms with van der Waals surface area (Å²) in [5, 5.41) is 6.53. The van der Waals surface area contributed by atoms with Crippen molar-refractivity contribution in [2.45, 2.75) is 39.2 Å². The zero-order chi connectivity index (χ0) is 11.1. The fourth-order valence-electron chi connectivity index (χ4n) is 1.52. The minimum absolute atomic E-state index is 0.513. The predicted molar refractivity (Wildman–Crippen MR) is 66.4 cm³/mol. The highest BCUT2D eigenvalue weighted by atomic mass is 14.9. The molecule has 1 aromatic heterocycles. The SMILES string of the molecule is CCCCC(C)Nc1cncc(NC)c1. The fraction of sp³-hybridized carbons (Fsp3) is 0.583. The molecule has 1 rings (SSSR count). The Morgan fingerprint density at radius 1 is 1.33 bits per heavy atom. The lowest BCUT2D eigenvalue weighted by atomic mass is 10.1. The largest absolute Gasteiger partial charge is 0.387 e. The third kappa shape index (κ3) is 4.19. The highest BCUT2D eigenvalue weighted by Gasteiger charge is 2.01. The van der Waals surface area contributed by atoms with Crippen molar-refractivity contribution in [2.75, 3.05) is 17.7 Å². The summed E-state index contributed by atoms with van der Waals surface area (Å²) in [4.78, 5) is 4.16. The summed E-state index contributed by atoms with van der Waals surface area (Å²) in [5.74, 6) is 0. The van der Waals surface area contributed by atoms with Gasteiger partial charge in [-0.05, 0) is 19.4 Å². The Bertz CT molecular complexity index is 286. The number of pyridine rings is 1. The van der Waals surface area contributed by atoms with Gasteiger partial charge in [0.1, 0.15) is 0 Å². The molecule has 0 aliphatic carbocycles. The highest BCUT2D eigenvalue weighted by Crippen LogP contribution is 2.14. The zero-order valence-electron chi connectivity index (χ0n) is 9.88. The van der Waals surface area contributed by atoms with E-state index in [0.717, 1.165) is 11.4 Å². The lowest BCUT2D eigenvalue weighted by molar-refractivity contribution is 0.645. The Labute approximate surface area is 92.3 Å². The van der Waals surface area contributed by atoms with Gasteiger partial charge in [-0.25, -0.2) is 0 Å². The number of rotatable bonds is 6. The van der Waals surface area contributed by atoms with Gasteiger partial charge >= 0.3 is 0 Å². The van der Waals surface area contributed by atoms with E-state index < -0.39 is 0 Å². The molecule has 0 amide bonds. The second kappa shape index (κ2) is 6.27. The van der Waals surface area contributed by atoms with Crippen molar-refractivity contribution in [3.63, 3.8) is 0 Å². The molecule has 0 fully saturated rings. The van der Waals surface area contributed by atoms with E-state index >= 15 is 0 Å². The van der Waals surface area contributed by atoms with Crippen molar-refractivity contribution < 1.29 is 0 Å². The highest BCUT2D eigenvalue weighted by molar-refractivity contribution is 5.53. The van der Waals surface area contributed by atoms with E-state index in [2.05, 4.69) is 35.5 Å². The summed E-state index contributed by atoms with van der Waals surface area (Å²) in [5.41, 5.74) is 2.13. The number of unbranched alkanes of at least 4 members (excludes halogenated alkanes) is 1. The molecule has 0 saturated carbocycles. The third-order valence-corrected chi connectivity index (χ3v) is 2.43. The average Bonchev–Trinajstić information content (AvgIpc) is 2.26. The van der Waals surface area contributed by atoms with Gasteiger partial charge in [0.15, 0.2) is 0 Å². The van der Waals surface area contributed by atoms with E-state index in [4.69, 9.17) is 0 Å². The maximum atomic E-state index is 4.16. The van der Waals surface area contributed by atoms with Crippen LogP contribution in [0.15, 0.2) is 18.5 Å². The van der Waals surface area contributed by atoms with Gasteiger partial charge in [-0.1, -0.05) is 19.8 Å². The molecule has 0 aliphatic heterocycles. The van der Waals surface area contributed by atoms with Gasteiger partial charge in [-0.2, -0.15) is 0 Å². The number of hydrogen-bond acceptors (Lipinski definition) is 3. The molecule has 84 valence electrons. The van der Waals surface area contributed by atoms with Gasteiger partial charge in [-0.3, -0.25) is 4.98 Å². The Morgan fingerprint density at radius 2 is 2.07 bits per heavy atom. The lowest BCUT2D eigenvalue weighted by Crippen LogP contribution is -2.14. The number of nitrogens with zero attached hydrogens (tertiary/aromatic N) is 1. The van der Waals surface area contributed by atoms with E-state index in [1.54, 1.807) is 0 Å². The van der Waals surface area contributed by atoms with E-state index in [9.17, 15) is 0 Å². The lowest BCUT2D eigenvalue weighted by Gasteiger charge is -2.14. The minimum atomic E-state index is 0.513. The molecule has 1 atom stereocenters. The molecule has 3 nitrogen and oxygen atoms in total. The van der Waals surface area contributed by atoms with Crippen LogP contribution in [-0.4, -0.2) is 18.1 Å². The Balaban J connectivity index is 2.48. The Kier molecular flexibility index (Phi) is 4.95. The van der Waals surface area contributed by atoms with E-state index in [1.807, 2.05) is 19.4 Å². The van der Waals surface area contributed by atoms with Crippen LogP contribution >= 0.6 is 0 Å². The van der Waals surface area contributed by atoms with Crippen molar-refractivity contribution >= 4 is 11.4 Å². The maximum absolute atomic E-state index is 4.16. The van der Waals surface area contributed by atoms with Gasteiger partial charge in [-0.15, -0.1) is 0 Å². The molecule has 1 heterocycles. The average molecular weight is 207 g/mol. The quantitative estimate of drug-likeness (QED) is 0.752. The maximum Gasteiger partial charge on any atom is 0.0549 e. The minimum Gasteiger partial charge on any atom is -0.387 e. The number of hydrogen-bond donors (Lipinski definition) is 2. The molecule has 0 saturated heterocycles. The molecular weight excluding hydrogens is 186 g/mol. The molecular formula is C12H21N3. The molecule has 1 unspecified atom stereocenters. The van der Waals surface area contributed by atoms with Crippen LogP contribution in [0.4, 0.5) is 11.4 Å². The van der Waals surface area contributed by atoms with E-state index in [0.29, 0.717) is 6.04 Å². The molecule has 15 heavy (non-hydrogen) atoms.